The first kappa shape index (κ1) is 18.3. The highest BCUT2D eigenvalue weighted by atomic mass is 19.3. The number of benzene rings is 1. The first-order valence-electron chi connectivity index (χ1n) is 8.86. The number of nitrogens with zero attached hydrogens (tertiary/aromatic N) is 2. The average molecular weight is 359 g/mol. The Bertz CT molecular complexity index is 742. The van der Waals surface area contributed by atoms with Crippen molar-refractivity contribution >= 4 is 11.6 Å². The molecule has 1 amide bonds. The van der Waals surface area contributed by atoms with Crippen LogP contribution in [0.25, 0.3) is 0 Å². The van der Waals surface area contributed by atoms with Crippen molar-refractivity contribution in [2.75, 3.05) is 24.5 Å². The Morgan fingerprint density at radius 2 is 1.92 bits per heavy atom. The number of anilines is 1. The molecule has 1 N–H and O–H groups in total. The summed E-state index contributed by atoms with van der Waals surface area (Å²) in [7, 11) is 0. The molecule has 1 aliphatic rings. The summed E-state index contributed by atoms with van der Waals surface area (Å²) < 4.78 is 26.6. The Morgan fingerprint density at radius 1 is 1.23 bits per heavy atom. The van der Waals surface area contributed by atoms with Gasteiger partial charge in [-0.3, -0.25) is 9.78 Å². The molecule has 1 saturated heterocycles. The quantitative estimate of drug-likeness (QED) is 0.882. The molecule has 1 fully saturated rings. The molecule has 1 aromatic carbocycles. The van der Waals surface area contributed by atoms with Gasteiger partial charge >= 0.3 is 0 Å². The van der Waals surface area contributed by atoms with Crippen molar-refractivity contribution in [3.8, 4) is 0 Å². The van der Waals surface area contributed by atoms with Gasteiger partial charge in [0.1, 0.15) is 5.69 Å². The van der Waals surface area contributed by atoms with Crippen LogP contribution in [0.1, 0.15) is 41.7 Å². The largest absolute Gasteiger partial charge is 0.371 e. The third-order valence-electron chi connectivity index (χ3n) is 4.77. The number of halogens is 2. The second-order valence-electron chi connectivity index (χ2n) is 6.76. The maximum atomic E-state index is 13.3. The predicted octanol–water partition coefficient (Wildman–Crippen LogP) is 3.85. The molecular formula is C20H23F2N3O. The summed E-state index contributed by atoms with van der Waals surface area (Å²) in [5.74, 6) is -2.65. The molecule has 0 aliphatic carbocycles. The Hall–Kier alpha value is -2.50. The molecule has 0 bridgehead atoms. The Morgan fingerprint density at radius 3 is 2.62 bits per heavy atom. The topological polar surface area (TPSA) is 45.2 Å². The number of piperidine rings is 1. The Labute approximate surface area is 152 Å². The van der Waals surface area contributed by atoms with Gasteiger partial charge in [0.25, 0.3) is 11.8 Å². The highest BCUT2D eigenvalue weighted by molar-refractivity contribution is 5.93. The molecular weight excluding hydrogens is 336 g/mol. The molecule has 1 aromatic heterocycles. The summed E-state index contributed by atoms with van der Waals surface area (Å²) in [6, 6.07) is 13.4. The Balaban J connectivity index is 1.60. The van der Waals surface area contributed by atoms with Gasteiger partial charge < -0.3 is 10.2 Å². The summed E-state index contributed by atoms with van der Waals surface area (Å²) in [6.45, 7) is 3.12. The van der Waals surface area contributed by atoms with Crippen LogP contribution >= 0.6 is 0 Å². The van der Waals surface area contributed by atoms with Crippen LogP contribution in [0.2, 0.25) is 0 Å². The van der Waals surface area contributed by atoms with Gasteiger partial charge in [-0.15, -0.1) is 0 Å². The van der Waals surface area contributed by atoms with E-state index in [-0.39, 0.29) is 37.8 Å². The number of rotatable bonds is 5. The number of hydrogen-bond donors (Lipinski definition) is 1. The number of amides is 1. The van der Waals surface area contributed by atoms with E-state index < -0.39 is 5.92 Å². The molecule has 26 heavy (non-hydrogen) atoms. The fraction of sp³-hybridized carbons (Fsp3) is 0.400. The van der Waals surface area contributed by atoms with Crippen LogP contribution in [-0.2, 0) is 0 Å². The van der Waals surface area contributed by atoms with E-state index in [2.05, 4.69) is 10.3 Å². The smallest absolute Gasteiger partial charge is 0.269 e. The number of hydrogen-bond acceptors (Lipinski definition) is 3. The van der Waals surface area contributed by atoms with Crippen molar-refractivity contribution in [1.82, 2.24) is 10.3 Å². The zero-order chi connectivity index (χ0) is 18.6. The van der Waals surface area contributed by atoms with Crippen molar-refractivity contribution in [1.29, 1.82) is 0 Å². The maximum absolute atomic E-state index is 13.3. The fourth-order valence-corrected chi connectivity index (χ4v) is 3.07. The number of pyridine rings is 1. The van der Waals surface area contributed by atoms with Gasteiger partial charge in [-0.25, -0.2) is 8.78 Å². The SMILES string of the molecule is C[C@@H](CNC(=O)c1cc(N2CCC(F)(F)CC2)ccn1)c1ccccc1. The van der Waals surface area contributed by atoms with Crippen molar-refractivity contribution in [3.05, 3.63) is 59.9 Å². The van der Waals surface area contributed by atoms with Crippen LogP contribution in [0.4, 0.5) is 14.5 Å². The minimum atomic E-state index is -2.59. The standard InChI is InChI=1S/C20H23F2N3O/c1-15(16-5-3-2-4-6-16)14-24-19(26)18-13-17(7-10-23-18)25-11-8-20(21,22)9-12-25/h2-7,10,13,15H,8-9,11-12,14H2,1H3,(H,24,26)/t15-/m0/s1. The number of carbonyl (C=O) groups excluding carboxylic acids is 1. The van der Waals surface area contributed by atoms with Gasteiger partial charge in [-0.1, -0.05) is 37.3 Å². The van der Waals surface area contributed by atoms with Gasteiger partial charge in [0, 0.05) is 44.4 Å². The molecule has 2 heterocycles. The first-order chi connectivity index (χ1) is 12.4. The minimum absolute atomic E-state index is 0.161. The van der Waals surface area contributed by atoms with E-state index in [4.69, 9.17) is 0 Å². The van der Waals surface area contributed by atoms with E-state index in [1.807, 2.05) is 42.2 Å². The highest BCUT2D eigenvalue weighted by Gasteiger charge is 2.34. The number of alkyl halides is 2. The second-order valence-corrected chi connectivity index (χ2v) is 6.76. The van der Waals surface area contributed by atoms with Crippen LogP contribution in [0.15, 0.2) is 48.7 Å². The third kappa shape index (κ3) is 4.56. The summed E-state index contributed by atoms with van der Waals surface area (Å²) >= 11 is 0. The van der Waals surface area contributed by atoms with Gasteiger partial charge in [0.2, 0.25) is 0 Å². The number of nitrogens with one attached hydrogen (secondary N) is 1. The summed E-state index contributed by atoms with van der Waals surface area (Å²) in [4.78, 5) is 18.4. The molecule has 0 unspecified atom stereocenters. The summed E-state index contributed by atoms with van der Waals surface area (Å²) in [5.41, 5.74) is 2.22. The van der Waals surface area contributed by atoms with Crippen molar-refractivity contribution < 1.29 is 13.6 Å². The number of carbonyl (C=O) groups is 1. The maximum Gasteiger partial charge on any atom is 0.269 e. The third-order valence-corrected chi connectivity index (χ3v) is 4.77. The van der Waals surface area contributed by atoms with E-state index >= 15 is 0 Å². The number of aromatic nitrogens is 1. The molecule has 0 radical (unpaired) electrons. The van der Waals surface area contributed by atoms with Crippen molar-refractivity contribution in [2.24, 2.45) is 0 Å². The predicted molar refractivity (Wildman–Crippen MR) is 97.8 cm³/mol. The van der Waals surface area contributed by atoms with Crippen LogP contribution in [0, 0.1) is 0 Å². The average Bonchev–Trinajstić information content (AvgIpc) is 2.66. The zero-order valence-corrected chi connectivity index (χ0v) is 14.8. The van der Waals surface area contributed by atoms with Crippen molar-refractivity contribution in [3.63, 3.8) is 0 Å². The highest BCUT2D eigenvalue weighted by Crippen LogP contribution is 2.30. The van der Waals surface area contributed by atoms with E-state index in [1.165, 1.54) is 0 Å². The molecule has 3 rings (SSSR count). The van der Waals surface area contributed by atoms with E-state index in [9.17, 15) is 13.6 Å². The van der Waals surface area contributed by atoms with Crippen LogP contribution in [-0.4, -0.2) is 36.4 Å². The van der Waals surface area contributed by atoms with E-state index in [0.29, 0.717) is 12.2 Å². The fourth-order valence-electron chi connectivity index (χ4n) is 3.07. The van der Waals surface area contributed by atoms with Crippen LogP contribution < -0.4 is 10.2 Å². The molecule has 0 spiro atoms. The normalized spacial score (nSPS) is 17.6. The molecule has 2 aromatic rings. The van der Waals surface area contributed by atoms with Gasteiger partial charge in [-0.05, 0) is 23.6 Å². The van der Waals surface area contributed by atoms with Crippen LogP contribution in [0.5, 0.6) is 0 Å². The molecule has 4 nitrogen and oxygen atoms in total. The zero-order valence-electron chi connectivity index (χ0n) is 14.8. The molecule has 1 atom stereocenters. The minimum Gasteiger partial charge on any atom is -0.371 e. The molecule has 6 heteroatoms. The summed E-state index contributed by atoms with van der Waals surface area (Å²) in [6.07, 6.45) is 1.23. The van der Waals surface area contributed by atoms with Gasteiger partial charge in [-0.2, -0.15) is 0 Å². The van der Waals surface area contributed by atoms with E-state index in [0.717, 1.165) is 11.3 Å². The lowest BCUT2D eigenvalue weighted by Gasteiger charge is -2.33. The van der Waals surface area contributed by atoms with Gasteiger partial charge in [0.05, 0.1) is 0 Å². The Kier molecular flexibility index (Phi) is 5.49. The lowest BCUT2D eigenvalue weighted by molar-refractivity contribution is -0.0220. The first-order valence-corrected chi connectivity index (χ1v) is 8.86. The lowest BCUT2D eigenvalue weighted by atomic mass is 10.0. The molecule has 0 saturated carbocycles. The summed E-state index contributed by atoms with van der Waals surface area (Å²) in [5, 5.41) is 2.90. The molecule has 1 aliphatic heterocycles. The lowest BCUT2D eigenvalue weighted by Crippen LogP contribution is -2.39. The van der Waals surface area contributed by atoms with Crippen molar-refractivity contribution in [2.45, 2.75) is 31.6 Å². The van der Waals surface area contributed by atoms with Crippen LogP contribution in [0.3, 0.4) is 0 Å². The molecule has 138 valence electrons. The van der Waals surface area contributed by atoms with Gasteiger partial charge in [0.15, 0.2) is 0 Å². The monoisotopic (exact) mass is 359 g/mol. The second kappa shape index (κ2) is 7.81. The van der Waals surface area contributed by atoms with E-state index in [1.54, 1.807) is 18.3 Å².